The minimum atomic E-state index is -0.329. The zero-order chi connectivity index (χ0) is 10.8. The summed E-state index contributed by atoms with van der Waals surface area (Å²) in [5.41, 5.74) is 1.18. The van der Waals surface area contributed by atoms with E-state index < -0.39 is 0 Å². The SMILES string of the molecule is N#Cc1ccc(F)cc1CN1CC(O)C1. The van der Waals surface area contributed by atoms with Gasteiger partial charge in [0, 0.05) is 19.6 Å². The first-order valence-corrected chi connectivity index (χ1v) is 4.78. The normalized spacial score (nSPS) is 17.1. The number of likely N-dealkylation sites (tertiary alicyclic amines) is 1. The van der Waals surface area contributed by atoms with Crippen molar-refractivity contribution in [2.24, 2.45) is 0 Å². The van der Waals surface area contributed by atoms with Gasteiger partial charge < -0.3 is 5.11 Å². The van der Waals surface area contributed by atoms with E-state index in [0.29, 0.717) is 30.8 Å². The summed E-state index contributed by atoms with van der Waals surface area (Å²) in [4.78, 5) is 1.97. The first-order valence-electron chi connectivity index (χ1n) is 4.78. The summed E-state index contributed by atoms with van der Waals surface area (Å²) in [5.74, 6) is -0.329. The first-order chi connectivity index (χ1) is 7.19. The molecule has 0 unspecified atom stereocenters. The van der Waals surface area contributed by atoms with Gasteiger partial charge in [-0.1, -0.05) is 0 Å². The van der Waals surface area contributed by atoms with Gasteiger partial charge in [-0.2, -0.15) is 5.26 Å². The molecule has 0 spiro atoms. The molecule has 0 atom stereocenters. The van der Waals surface area contributed by atoms with Gasteiger partial charge >= 0.3 is 0 Å². The van der Waals surface area contributed by atoms with Crippen LogP contribution in [0.4, 0.5) is 4.39 Å². The van der Waals surface area contributed by atoms with Gasteiger partial charge in [0.15, 0.2) is 0 Å². The van der Waals surface area contributed by atoms with Gasteiger partial charge in [0.2, 0.25) is 0 Å². The number of benzene rings is 1. The molecule has 4 heteroatoms. The molecule has 1 aliphatic heterocycles. The van der Waals surface area contributed by atoms with Crippen molar-refractivity contribution in [2.45, 2.75) is 12.6 Å². The van der Waals surface area contributed by atoms with Crippen LogP contribution in [-0.4, -0.2) is 29.2 Å². The van der Waals surface area contributed by atoms with Crippen molar-refractivity contribution >= 4 is 0 Å². The van der Waals surface area contributed by atoms with Crippen LogP contribution >= 0.6 is 0 Å². The van der Waals surface area contributed by atoms with Gasteiger partial charge in [-0.05, 0) is 23.8 Å². The largest absolute Gasteiger partial charge is 0.390 e. The molecule has 0 radical (unpaired) electrons. The summed E-state index contributed by atoms with van der Waals surface area (Å²) in [7, 11) is 0. The second-order valence-electron chi connectivity index (χ2n) is 3.76. The van der Waals surface area contributed by atoms with E-state index in [-0.39, 0.29) is 11.9 Å². The van der Waals surface area contributed by atoms with Gasteiger partial charge in [-0.3, -0.25) is 4.90 Å². The summed E-state index contributed by atoms with van der Waals surface area (Å²) in [6.07, 6.45) is -0.274. The molecular formula is C11H11FN2O. The Labute approximate surface area is 87.4 Å². The average molecular weight is 206 g/mol. The molecule has 3 nitrogen and oxygen atoms in total. The standard InChI is InChI=1S/C11H11FN2O/c12-10-2-1-8(4-13)9(3-10)5-14-6-11(15)7-14/h1-3,11,15H,5-7H2. The molecule has 2 rings (SSSR count). The number of aliphatic hydroxyl groups is 1. The summed E-state index contributed by atoms with van der Waals surface area (Å²) in [6.45, 7) is 1.72. The number of nitrogens with zero attached hydrogens (tertiary/aromatic N) is 2. The lowest BCUT2D eigenvalue weighted by atomic mass is 10.1. The van der Waals surface area contributed by atoms with E-state index in [1.54, 1.807) is 0 Å². The van der Waals surface area contributed by atoms with Crippen molar-refractivity contribution in [2.75, 3.05) is 13.1 Å². The Balaban J connectivity index is 2.13. The monoisotopic (exact) mass is 206 g/mol. The van der Waals surface area contributed by atoms with E-state index in [1.165, 1.54) is 18.2 Å². The molecule has 78 valence electrons. The molecule has 1 aromatic carbocycles. The number of aliphatic hydroxyl groups excluding tert-OH is 1. The van der Waals surface area contributed by atoms with Gasteiger partial charge in [0.05, 0.1) is 17.7 Å². The fourth-order valence-corrected chi connectivity index (χ4v) is 1.71. The lowest BCUT2D eigenvalue weighted by Gasteiger charge is -2.35. The molecule has 0 amide bonds. The second-order valence-corrected chi connectivity index (χ2v) is 3.76. The van der Waals surface area contributed by atoms with E-state index >= 15 is 0 Å². The first kappa shape index (κ1) is 10.1. The van der Waals surface area contributed by atoms with Gasteiger partial charge in [-0.25, -0.2) is 4.39 Å². The molecular weight excluding hydrogens is 195 g/mol. The van der Waals surface area contributed by atoms with Crippen molar-refractivity contribution < 1.29 is 9.50 Å². The maximum Gasteiger partial charge on any atom is 0.123 e. The predicted molar refractivity (Wildman–Crippen MR) is 52.4 cm³/mol. The summed E-state index contributed by atoms with van der Waals surface area (Å²) < 4.78 is 13.0. The zero-order valence-electron chi connectivity index (χ0n) is 8.15. The Morgan fingerprint density at radius 3 is 2.87 bits per heavy atom. The van der Waals surface area contributed by atoms with E-state index in [0.717, 1.165) is 0 Å². The molecule has 1 saturated heterocycles. The van der Waals surface area contributed by atoms with Crippen LogP contribution in [0.1, 0.15) is 11.1 Å². The average Bonchev–Trinajstić information content (AvgIpc) is 2.16. The van der Waals surface area contributed by atoms with Crippen LogP contribution in [0.15, 0.2) is 18.2 Å². The van der Waals surface area contributed by atoms with Crippen LogP contribution in [0.2, 0.25) is 0 Å². The highest BCUT2D eigenvalue weighted by Crippen LogP contribution is 2.17. The van der Waals surface area contributed by atoms with Crippen LogP contribution in [0.25, 0.3) is 0 Å². The minimum absolute atomic E-state index is 0.274. The van der Waals surface area contributed by atoms with Gasteiger partial charge in [0.1, 0.15) is 5.82 Å². The highest BCUT2D eigenvalue weighted by atomic mass is 19.1. The maximum atomic E-state index is 13.0. The Bertz CT molecular complexity index is 408. The Morgan fingerprint density at radius 1 is 1.53 bits per heavy atom. The third-order valence-electron chi connectivity index (χ3n) is 2.52. The third-order valence-corrected chi connectivity index (χ3v) is 2.52. The summed E-state index contributed by atoms with van der Waals surface area (Å²) >= 11 is 0. The van der Waals surface area contributed by atoms with Crippen molar-refractivity contribution in [3.8, 4) is 6.07 Å². The molecule has 1 aliphatic rings. The van der Waals surface area contributed by atoms with Gasteiger partial charge in [-0.15, -0.1) is 0 Å². The quantitative estimate of drug-likeness (QED) is 0.781. The smallest absolute Gasteiger partial charge is 0.123 e. The van der Waals surface area contributed by atoms with Crippen LogP contribution < -0.4 is 0 Å². The summed E-state index contributed by atoms with van der Waals surface area (Å²) in [6, 6.07) is 6.18. The number of β-amino-alcohol motifs (C(OH)–C–C–N with tert-alkyl or cyclic N) is 1. The Kier molecular flexibility index (Phi) is 2.67. The highest BCUT2D eigenvalue weighted by molar-refractivity contribution is 5.37. The fourth-order valence-electron chi connectivity index (χ4n) is 1.71. The van der Waals surface area contributed by atoms with Crippen molar-refractivity contribution in [1.82, 2.24) is 4.90 Å². The van der Waals surface area contributed by atoms with Crippen molar-refractivity contribution in [1.29, 1.82) is 5.26 Å². The van der Waals surface area contributed by atoms with Crippen LogP contribution in [-0.2, 0) is 6.54 Å². The molecule has 15 heavy (non-hydrogen) atoms. The number of rotatable bonds is 2. The van der Waals surface area contributed by atoms with Crippen LogP contribution in [0.5, 0.6) is 0 Å². The van der Waals surface area contributed by atoms with E-state index in [2.05, 4.69) is 0 Å². The Morgan fingerprint density at radius 2 is 2.27 bits per heavy atom. The van der Waals surface area contributed by atoms with E-state index in [4.69, 9.17) is 10.4 Å². The van der Waals surface area contributed by atoms with Crippen molar-refractivity contribution in [3.05, 3.63) is 35.1 Å². The van der Waals surface area contributed by atoms with Gasteiger partial charge in [0.25, 0.3) is 0 Å². The van der Waals surface area contributed by atoms with E-state index in [1.807, 2.05) is 11.0 Å². The molecule has 1 aromatic rings. The molecule has 1 fully saturated rings. The fraction of sp³-hybridized carbons (Fsp3) is 0.364. The molecule has 0 bridgehead atoms. The molecule has 0 aromatic heterocycles. The lowest BCUT2D eigenvalue weighted by Crippen LogP contribution is -2.49. The Hall–Kier alpha value is -1.44. The van der Waals surface area contributed by atoms with E-state index in [9.17, 15) is 4.39 Å². The zero-order valence-corrected chi connectivity index (χ0v) is 8.15. The number of nitriles is 1. The minimum Gasteiger partial charge on any atom is -0.390 e. The highest BCUT2D eigenvalue weighted by Gasteiger charge is 2.24. The van der Waals surface area contributed by atoms with Crippen LogP contribution in [0.3, 0.4) is 0 Å². The number of halogens is 1. The second kappa shape index (κ2) is 3.97. The topological polar surface area (TPSA) is 47.3 Å². The van der Waals surface area contributed by atoms with Crippen molar-refractivity contribution in [3.63, 3.8) is 0 Å². The number of hydrogen-bond acceptors (Lipinski definition) is 3. The molecule has 1 heterocycles. The summed E-state index contributed by atoms with van der Waals surface area (Å²) in [5, 5.41) is 17.9. The lowest BCUT2D eigenvalue weighted by molar-refractivity contribution is -0.00294. The number of hydrogen-bond donors (Lipinski definition) is 1. The maximum absolute atomic E-state index is 13.0. The predicted octanol–water partition coefficient (Wildman–Crippen LogP) is 0.874. The molecule has 0 saturated carbocycles. The molecule has 0 aliphatic carbocycles. The third kappa shape index (κ3) is 2.14. The molecule has 1 N–H and O–H groups in total. The van der Waals surface area contributed by atoms with Crippen LogP contribution in [0, 0.1) is 17.1 Å².